The first kappa shape index (κ1) is 32.2. The molecule has 45 heavy (non-hydrogen) atoms. The van der Waals surface area contributed by atoms with E-state index in [4.69, 9.17) is 4.74 Å². The first-order valence-electron chi connectivity index (χ1n) is 17.3. The van der Waals surface area contributed by atoms with E-state index in [2.05, 4.69) is 48.1 Å². The number of fused-ring (bicyclic) bond motifs is 7. The molecule has 3 N–H and O–H groups in total. The second-order valence-electron chi connectivity index (χ2n) is 17.0. The zero-order valence-electron chi connectivity index (χ0n) is 28.2. The molecule has 0 unspecified atom stereocenters. The number of carbonyl (C=O) groups is 2. The minimum absolute atomic E-state index is 0.0898. The normalized spacial score (nSPS) is 43.4. The molecule has 0 amide bonds. The summed E-state index contributed by atoms with van der Waals surface area (Å²) in [6.07, 6.45) is 12.7. The lowest BCUT2D eigenvalue weighted by atomic mass is 9.32. The molecule has 6 heteroatoms. The van der Waals surface area contributed by atoms with Gasteiger partial charge in [0.25, 0.3) is 0 Å². The van der Waals surface area contributed by atoms with Crippen molar-refractivity contribution in [2.75, 3.05) is 0 Å². The predicted octanol–water partition coefficient (Wildman–Crippen LogP) is 8.77. The first-order valence-corrected chi connectivity index (χ1v) is 17.3. The van der Waals surface area contributed by atoms with Crippen LogP contribution in [0.15, 0.2) is 36.4 Å². The molecule has 1 aromatic rings. The van der Waals surface area contributed by atoms with Crippen LogP contribution in [0.1, 0.15) is 111 Å². The van der Waals surface area contributed by atoms with Crippen LogP contribution < -0.4 is 0 Å². The van der Waals surface area contributed by atoms with Crippen molar-refractivity contribution in [3.63, 3.8) is 0 Å². The molecule has 5 aliphatic rings. The van der Waals surface area contributed by atoms with Crippen molar-refractivity contribution >= 4 is 18.0 Å². The third kappa shape index (κ3) is 4.54. The third-order valence-electron chi connectivity index (χ3n) is 15.1. The minimum atomic E-state index is -0.598. The van der Waals surface area contributed by atoms with E-state index in [1.807, 2.05) is 0 Å². The molecule has 6 rings (SSSR count). The number of ether oxygens (including phenoxy) is 1. The molecular weight excluding hydrogens is 564 g/mol. The topological polar surface area (TPSA) is 104 Å². The second kappa shape index (κ2) is 10.6. The Balaban J connectivity index is 1.23. The molecule has 0 aromatic heterocycles. The number of carbonyl (C=O) groups excluding carboxylic acids is 1. The van der Waals surface area contributed by atoms with Gasteiger partial charge in [-0.2, -0.15) is 0 Å². The standard InChI is InChI=1S/C39H54O6/c1-23(2)25-14-19-39(34(43)44)21-20-37(6)26(33(25)39)10-12-30-36(5)17-16-31(35(3,4)29(36)15-18-38(30,37)7)45-32(42)13-9-24-8-11-27(40)28(41)22-24/h8-9,11,13,22,25-26,29-31,33,40-41H,1,10,12,14-21H2,2-7H3,(H,43,44)/b13-9-/t25-,26+,29-,30+,31-,33+,36-,37+,38+,39-/m0/s1. The lowest BCUT2D eigenvalue weighted by molar-refractivity contribution is -0.250. The lowest BCUT2D eigenvalue weighted by Crippen LogP contribution is -2.67. The molecule has 5 saturated carbocycles. The van der Waals surface area contributed by atoms with Gasteiger partial charge in [-0.25, -0.2) is 4.79 Å². The van der Waals surface area contributed by atoms with E-state index >= 15 is 0 Å². The fraction of sp³-hybridized carbons (Fsp3) is 0.692. The molecular formula is C39H54O6. The zero-order valence-corrected chi connectivity index (χ0v) is 28.2. The Morgan fingerprint density at radius 1 is 0.867 bits per heavy atom. The number of phenols is 2. The number of allylic oxidation sites excluding steroid dienone is 1. The average molecular weight is 619 g/mol. The van der Waals surface area contributed by atoms with Gasteiger partial charge in [0.2, 0.25) is 0 Å². The third-order valence-corrected chi connectivity index (χ3v) is 15.1. The Bertz CT molecular complexity index is 1430. The van der Waals surface area contributed by atoms with E-state index < -0.39 is 11.4 Å². The molecule has 0 radical (unpaired) electrons. The van der Waals surface area contributed by atoms with Crippen LogP contribution in [0.2, 0.25) is 0 Å². The molecule has 0 aliphatic heterocycles. The number of benzene rings is 1. The number of phenolic OH excluding ortho intramolecular Hbond substituents is 2. The molecule has 246 valence electrons. The highest BCUT2D eigenvalue weighted by Gasteiger charge is 2.72. The number of esters is 1. The Morgan fingerprint density at radius 2 is 1.60 bits per heavy atom. The minimum Gasteiger partial charge on any atom is -0.504 e. The summed E-state index contributed by atoms with van der Waals surface area (Å²) in [6.45, 7) is 18.7. The Morgan fingerprint density at radius 3 is 2.27 bits per heavy atom. The summed E-state index contributed by atoms with van der Waals surface area (Å²) in [5, 5.41) is 30.0. The molecule has 10 atom stereocenters. The maximum atomic E-state index is 13.0. The van der Waals surface area contributed by atoms with Gasteiger partial charge in [-0.3, -0.25) is 4.79 Å². The van der Waals surface area contributed by atoms with Crippen molar-refractivity contribution in [2.24, 2.45) is 56.7 Å². The van der Waals surface area contributed by atoms with E-state index in [9.17, 15) is 24.9 Å². The second-order valence-corrected chi connectivity index (χ2v) is 17.0. The van der Waals surface area contributed by atoms with Crippen molar-refractivity contribution in [3.05, 3.63) is 42.0 Å². The number of aromatic hydroxyl groups is 2. The van der Waals surface area contributed by atoms with Crippen LogP contribution in [0.3, 0.4) is 0 Å². The molecule has 0 spiro atoms. The van der Waals surface area contributed by atoms with E-state index in [1.54, 1.807) is 12.1 Å². The summed E-state index contributed by atoms with van der Waals surface area (Å²) in [6, 6.07) is 4.46. The van der Waals surface area contributed by atoms with Gasteiger partial charge in [0, 0.05) is 11.5 Å². The number of hydrogen-bond donors (Lipinski definition) is 3. The molecule has 5 aliphatic carbocycles. The average Bonchev–Trinajstić information content (AvgIpc) is 3.37. The number of aliphatic carboxylic acids is 1. The number of rotatable bonds is 5. The van der Waals surface area contributed by atoms with Gasteiger partial charge in [0.15, 0.2) is 11.5 Å². The van der Waals surface area contributed by atoms with Crippen LogP contribution in [0.25, 0.3) is 6.08 Å². The Labute approximate surface area is 269 Å². The van der Waals surface area contributed by atoms with Gasteiger partial charge >= 0.3 is 11.9 Å². The summed E-state index contributed by atoms with van der Waals surface area (Å²) >= 11 is 0. The highest BCUT2D eigenvalue weighted by molar-refractivity contribution is 5.87. The van der Waals surface area contributed by atoms with E-state index in [1.165, 1.54) is 23.8 Å². The molecule has 0 saturated heterocycles. The van der Waals surface area contributed by atoms with Crippen molar-refractivity contribution in [2.45, 2.75) is 112 Å². The van der Waals surface area contributed by atoms with Crippen molar-refractivity contribution in [1.29, 1.82) is 0 Å². The summed E-state index contributed by atoms with van der Waals surface area (Å²) in [5.41, 5.74) is 1.34. The summed E-state index contributed by atoms with van der Waals surface area (Å²) in [4.78, 5) is 25.9. The Kier molecular flexibility index (Phi) is 7.61. The lowest BCUT2D eigenvalue weighted by Gasteiger charge is -2.72. The fourth-order valence-corrected chi connectivity index (χ4v) is 12.7. The van der Waals surface area contributed by atoms with Gasteiger partial charge in [-0.15, -0.1) is 0 Å². The summed E-state index contributed by atoms with van der Waals surface area (Å²) in [7, 11) is 0. The first-order chi connectivity index (χ1) is 21.0. The van der Waals surface area contributed by atoms with Crippen molar-refractivity contribution in [1.82, 2.24) is 0 Å². The highest BCUT2D eigenvalue weighted by Crippen LogP contribution is 2.77. The van der Waals surface area contributed by atoms with Gasteiger partial charge < -0.3 is 20.1 Å². The van der Waals surface area contributed by atoms with Crippen LogP contribution in [-0.2, 0) is 14.3 Å². The van der Waals surface area contributed by atoms with Crippen LogP contribution in [-0.4, -0.2) is 33.4 Å². The van der Waals surface area contributed by atoms with Crippen molar-refractivity contribution in [3.8, 4) is 11.5 Å². The monoisotopic (exact) mass is 618 g/mol. The number of carboxylic acid groups (broad SMARTS) is 1. The van der Waals surface area contributed by atoms with E-state index in [-0.39, 0.29) is 51.2 Å². The molecule has 6 nitrogen and oxygen atoms in total. The van der Waals surface area contributed by atoms with Crippen LogP contribution in [0.4, 0.5) is 0 Å². The van der Waals surface area contributed by atoms with Gasteiger partial charge in [0.05, 0.1) is 5.41 Å². The summed E-state index contributed by atoms with van der Waals surface area (Å²) < 4.78 is 6.16. The quantitative estimate of drug-likeness (QED) is 0.132. The van der Waals surface area contributed by atoms with Gasteiger partial charge in [0.1, 0.15) is 6.10 Å². The SMILES string of the molecule is C=C(C)[C@@H]1CC[C@]2(C(=O)O)CC[C@]3(C)[C@H](CC[C@@H]4[C@@]5(C)CC[C@H](OC(=O)/C=C\c6ccc(O)c(O)c6)C(C)(C)[C@@H]5CC[C@]43C)[C@@H]12. The maximum Gasteiger partial charge on any atom is 0.331 e. The van der Waals surface area contributed by atoms with E-state index in [0.29, 0.717) is 29.2 Å². The molecule has 0 bridgehead atoms. The van der Waals surface area contributed by atoms with Crippen molar-refractivity contribution < 1.29 is 29.6 Å². The predicted molar refractivity (Wildman–Crippen MR) is 175 cm³/mol. The molecule has 5 fully saturated rings. The van der Waals surface area contributed by atoms with Crippen LogP contribution in [0, 0.1) is 56.7 Å². The van der Waals surface area contributed by atoms with E-state index in [0.717, 1.165) is 64.2 Å². The van der Waals surface area contributed by atoms with Gasteiger partial charge in [-0.1, -0.05) is 52.8 Å². The number of hydrogen-bond acceptors (Lipinski definition) is 5. The van der Waals surface area contributed by atoms with Gasteiger partial charge in [-0.05, 0) is 141 Å². The molecule has 0 heterocycles. The smallest absolute Gasteiger partial charge is 0.331 e. The number of carboxylic acids is 1. The largest absolute Gasteiger partial charge is 0.504 e. The Hall–Kier alpha value is -2.76. The zero-order chi connectivity index (χ0) is 32.7. The summed E-state index contributed by atoms with van der Waals surface area (Å²) in [5.74, 6) is 0.473. The van der Waals surface area contributed by atoms with Crippen LogP contribution in [0.5, 0.6) is 11.5 Å². The molecule has 1 aromatic carbocycles. The fourth-order valence-electron chi connectivity index (χ4n) is 12.7. The maximum absolute atomic E-state index is 13.0. The highest BCUT2D eigenvalue weighted by atomic mass is 16.5. The van der Waals surface area contributed by atoms with Crippen LogP contribution >= 0.6 is 0 Å².